The Labute approximate surface area is 180 Å². The third kappa shape index (κ3) is 4.52. The van der Waals surface area contributed by atoms with Crippen LogP contribution in [0.25, 0.3) is 0 Å². The van der Waals surface area contributed by atoms with Crippen molar-refractivity contribution in [3.05, 3.63) is 59.3 Å². The van der Waals surface area contributed by atoms with Gasteiger partial charge in [-0.3, -0.25) is 4.79 Å². The number of carbonyl (C=O) groups excluding carboxylic acids is 1. The van der Waals surface area contributed by atoms with Crippen LogP contribution in [0.5, 0.6) is 0 Å². The van der Waals surface area contributed by atoms with Crippen molar-refractivity contribution in [3.8, 4) is 6.07 Å². The number of carbonyl (C=O) groups is 1. The summed E-state index contributed by atoms with van der Waals surface area (Å²) in [4.78, 5) is 21.3. The van der Waals surface area contributed by atoms with Gasteiger partial charge in [0.25, 0.3) is 0 Å². The molecule has 0 aliphatic carbocycles. The summed E-state index contributed by atoms with van der Waals surface area (Å²) in [6.07, 6.45) is 3.39. The number of benzene rings is 1. The maximum atomic E-state index is 13.4. The SMILES string of the molecule is C[C@@H](OCCC(=O)N1CC2CC[C@@H](C1)N2c1ccc(C#N)cn1)c1ccc(F)c(F)c1. The highest BCUT2D eigenvalue weighted by molar-refractivity contribution is 5.77. The Hall–Kier alpha value is -3.05. The van der Waals surface area contributed by atoms with Crippen LogP contribution >= 0.6 is 0 Å². The zero-order valence-corrected chi connectivity index (χ0v) is 17.3. The molecule has 0 spiro atoms. The molecule has 2 aromatic rings. The fourth-order valence-corrected chi connectivity index (χ4v) is 4.43. The van der Waals surface area contributed by atoms with Gasteiger partial charge in [0.15, 0.2) is 11.6 Å². The van der Waals surface area contributed by atoms with Crippen molar-refractivity contribution in [1.82, 2.24) is 9.88 Å². The predicted molar refractivity (Wildman–Crippen MR) is 110 cm³/mol. The van der Waals surface area contributed by atoms with Crippen molar-refractivity contribution in [2.75, 3.05) is 24.6 Å². The van der Waals surface area contributed by atoms with Crippen LogP contribution in [0.4, 0.5) is 14.6 Å². The molecule has 162 valence electrons. The zero-order chi connectivity index (χ0) is 22.0. The largest absolute Gasteiger partial charge is 0.373 e. The molecule has 2 aliphatic rings. The third-order valence-corrected chi connectivity index (χ3v) is 6.07. The first kappa shape index (κ1) is 21.2. The number of hydrogen-bond acceptors (Lipinski definition) is 5. The molecule has 8 heteroatoms. The highest BCUT2D eigenvalue weighted by Gasteiger charge is 2.41. The number of amides is 1. The number of hydrogen-bond donors (Lipinski definition) is 0. The van der Waals surface area contributed by atoms with Crippen molar-refractivity contribution < 1.29 is 18.3 Å². The van der Waals surface area contributed by atoms with E-state index in [4.69, 9.17) is 10.00 Å². The van der Waals surface area contributed by atoms with Gasteiger partial charge in [0.2, 0.25) is 5.91 Å². The van der Waals surface area contributed by atoms with Crippen LogP contribution in [0.2, 0.25) is 0 Å². The van der Waals surface area contributed by atoms with E-state index < -0.39 is 17.7 Å². The Bertz CT molecular complexity index is 978. The monoisotopic (exact) mass is 426 g/mol. The Morgan fingerprint density at radius 1 is 1.23 bits per heavy atom. The summed E-state index contributed by atoms with van der Waals surface area (Å²) in [6, 6.07) is 9.83. The molecule has 0 N–H and O–H groups in total. The first-order chi connectivity index (χ1) is 15.0. The van der Waals surface area contributed by atoms with Crippen LogP contribution in [0, 0.1) is 23.0 Å². The minimum absolute atomic E-state index is 0.0295. The van der Waals surface area contributed by atoms with Gasteiger partial charge >= 0.3 is 0 Å². The number of halogens is 2. The highest BCUT2D eigenvalue weighted by Crippen LogP contribution is 2.34. The summed E-state index contributed by atoms with van der Waals surface area (Å²) in [5.41, 5.74) is 1.07. The molecule has 2 fully saturated rings. The van der Waals surface area contributed by atoms with Gasteiger partial charge in [-0.25, -0.2) is 13.8 Å². The smallest absolute Gasteiger partial charge is 0.225 e. The van der Waals surface area contributed by atoms with Crippen molar-refractivity contribution in [2.24, 2.45) is 0 Å². The van der Waals surface area contributed by atoms with E-state index >= 15 is 0 Å². The molecule has 0 radical (unpaired) electrons. The standard InChI is InChI=1S/C23H24F2N4O2/c1-15(17-3-6-20(24)21(25)10-17)31-9-8-23(30)28-13-18-4-5-19(14-28)29(18)22-7-2-16(11-26)12-27-22/h2-3,6-7,10,12,15,18-19H,4-5,8-9,13-14H2,1H3/t15-,18+,19?/m1/s1. The van der Waals surface area contributed by atoms with Crippen LogP contribution < -0.4 is 4.90 Å². The molecule has 1 unspecified atom stereocenters. The van der Waals surface area contributed by atoms with E-state index in [-0.39, 0.29) is 31.0 Å². The van der Waals surface area contributed by atoms with Crippen molar-refractivity contribution in [2.45, 2.75) is 44.4 Å². The molecule has 2 aliphatic heterocycles. The second-order valence-electron chi connectivity index (χ2n) is 8.04. The zero-order valence-electron chi connectivity index (χ0n) is 17.3. The topological polar surface area (TPSA) is 69.5 Å². The molecule has 3 atom stereocenters. The van der Waals surface area contributed by atoms with E-state index in [2.05, 4.69) is 16.0 Å². The van der Waals surface area contributed by atoms with Crippen LogP contribution in [-0.4, -0.2) is 47.6 Å². The van der Waals surface area contributed by atoms with Crippen LogP contribution in [0.3, 0.4) is 0 Å². The lowest BCUT2D eigenvalue weighted by molar-refractivity contribution is -0.133. The number of pyridine rings is 1. The lowest BCUT2D eigenvalue weighted by atomic mass is 10.1. The van der Waals surface area contributed by atoms with Gasteiger partial charge < -0.3 is 14.5 Å². The Balaban J connectivity index is 1.29. The summed E-state index contributed by atoms with van der Waals surface area (Å²) >= 11 is 0. The van der Waals surface area contributed by atoms with Crippen LogP contribution in [0.1, 0.15) is 43.4 Å². The Kier molecular flexibility index (Phi) is 6.14. The van der Waals surface area contributed by atoms with E-state index in [9.17, 15) is 13.6 Å². The maximum absolute atomic E-state index is 13.4. The van der Waals surface area contributed by atoms with Crippen molar-refractivity contribution in [1.29, 1.82) is 5.26 Å². The number of fused-ring (bicyclic) bond motifs is 2. The molecule has 4 rings (SSSR count). The van der Waals surface area contributed by atoms with E-state index in [1.54, 1.807) is 19.2 Å². The van der Waals surface area contributed by atoms with Gasteiger partial charge in [0.1, 0.15) is 11.9 Å². The Morgan fingerprint density at radius 3 is 2.58 bits per heavy atom. The molecular formula is C23H24F2N4O2. The summed E-state index contributed by atoms with van der Waals surface area (Å²) in [5, 5.41) is 8.95. The lowest BCUT2D eigenvalue weighted by Gasteiger charge is -2.41. The van der Waals surface area contributed by atoms with Gasteiger partial charge in [-0.05, 0) is 49.6 Å². The van der Waals surface area contributed by atoms with Crippen LogP contribution in [0.15, 0.2) is 36.5 Å². The van der Waals surface area contributed by atoms with Gasteiger partial charge in [-0.1, -0.05) is 6.07 Å². The number of aromatic nitrogens is 1. The quantitative estimate of drug-likeness (QED) is 0.706. The number of anilines is 1. The summed E-state index contributed by atoms with van der Waals surface area (Å²) in [6.45, 7) is 3.23. The second kappa shape index (κ2) is 8.98. The summed E-state index contributed by atoms with van der Waals surface area (Å²) in [5.74, 6) is -0.922. The van der Waals surface area contributed by atoms with Crippen LogP contribution in [-0.2, 0) is 9.53 Å². The molecule has 0 saturated carbocycles. The molecular weight excluding hydrogens is 402 g/mol. The first-order valence-corrected chi connectivity index (χ1v) is 10.4. The fraction of sp³-hybridized carbons (Fsp3) is 0.435. The number of likely N-dealkylation sites (tertiary alicyclic amines) is 1. The molecule has 1 amide bonds. The average Bonchev–Trinajstić information content (AvgIpc) is 3.04. The van der Waals surface area contributed by atoms with Gasteiger partial charge in [-0.15, -0.1) is 0 Å². The van der Waals surface area contributed by atoms with E-state index in [1.807, 2.05) is 11.0 Å². The average molecular weight is 426 g/mol. The highest BCUT2D eigenvalue weighted by atomic mass is 19.2. The third-order valence-electron chi connectivity index (χ3n) is 6.07. The predicted octanol–water partition coefficient (Wildman–Crippen LogP) is 3.58. The van der Waals surface area contributed by atoms with Crippen molar-refractivity contribution in [3.63, 3.8) is 0 Å². The van der Waals surface area contributed by atoms with Gasteiger partial charge in [0, 0.05) is 31.4 Å². The maximum Gasteiger partial charge on any atom is 0.225 e. The first-order valence-electron chi connectivity index (χ1n) is 10.4. The number of ether oxygens (including phenoxy) is 1. The molecule has 1 aromatic heterocycles. The summed E-state index contributed by atoms with van der Waals surface area (Å²) < 4.78 is 32.2. The summed E-state index contributed by atoms with van der Waals surface area (Å²) in [7, 11) is 0. The van der Waals surface area contributed by atoms with E-state index in [1.165, 1.54) is 6.07 Å². The van der Waals surface area contributed by atoms with Gasteiger partial charge in [-0.2, -0.15) is 5.26 Å². The fourth-order valence-electron chi connectivity index (χ4n) is 4.43. The molecule has 2 bridgehead atoms. The van der Waals surface area contributed by atoms with Gasteiger partial charge in [0.05, 0.1) is 24.7 Å². The normalized spacial score (nSPS) is 21.1. The number of nitrogens with zero attached hydrogens (tertiary/aromatic N) is 4. The number of rotatable bonds is 6. The molecule has 1 aromatic carbocycles. The molecule has 6 nitrogen and oxygen atoms in total. The van der Waals surface area contributed by atoms with Crippen molar-refractivity contribution >= 4 is 11.7 Å². The van der Waals surface area contributed by atoms with E-state index in [0.29, 0.717) is 24.2 Å². The minimum atomic E-state index is -0.908. The minimum Gasteiger partial charge on any atom is -0.373 e. The number of piperazine rings is 1. The molecule has 2 saturated heterocycles. The molecule has 31 heavy (non-hydrogen) atoms. The number of nitriles is 1. The second-order valence-corrected chi connectivity index (χ2v) is 8.04. The van der Waals surface area contributed by atoms with E-state index in [0.717, 1.165) is 30.8 Å². The molecule has 3 heterocycles. The lowest BCUT2D eigenvalue weighted by Crippen LogP contribution is -2.55. The Morgan fingerprint density at radius 2 is 1.97 bits per heavy atom.